The minimum Gasteiger partial charge on any atom is -0.457 e. The van der Waals surface area contributed by atoms with Crippen molar-refractivity contribution in [3.63, 3.8) is 0 Å². The zero-order valence-electron chi connectivity index (χ0n) is 23.0. The Morgan fingerprint density at radius 2 is 1.82 bits per heavy atom. The Morgan fingerprint density at radius 3 is 2.51 bits per heavy atom. The smallest absolute Gasteiger partial charge is 0.407 e. The average Bonchev–Trinajstić information content (AvgIpc) is 2.94. The van der Waals surface area contributed by atoms with E-state index in [4.69, 9.17) is 19.9 Å². The summed E-state index contributed by atoms with van der Waals surface area (Å²) < 4.78 is 16.9. The maximum atomic E-state index is 12.8. The lowest BCUT2D eigenvalue weighted by molar-refractivity contribution is -0.132. The van der Waals surface area contributed by atoms with Crippen molar-refractivity contribution in [2.75, 3.05) is 34.4 Å². The maximum absolute atomic E-state index is 12.8. The van der Waals surface area contributed by atoms with E-state index in [1.807, 2.05) is 53.4 Å². The summed E-state index contributed by atoms with van der Waals surface area (Å²) in [6.45, 7) is 0.695. The summed E-state index contributed by atoms with van der Waals surface area (Å²) in [4.78, 5) is 33.3. The molecule has 0 aromatic heterocycles. The molecule has 0 radical (unpaired) electrons. The van der Waals surface area contributed by atoms with Gasteiger partial charge in [-0.15, -0.1) is 0 Å². The number of ether oxygens (including phenoxy) is 3. The van der Waals surface area contributed by atoms with Crippen LogP contribution in [0.4, 0.5) is 10.5 Å². The highest BCUT2D eigenvalue weighted by Crippen LogP contribution is 2.35. The highest BCUT2D eigenvalue weighted by Gasteiger charge is 2.34. The predicted molar refractivity (Wildman–Crippen MR) is 149 cm³/mol. The first-order valence-electron chi connectivity index (χ1n) is 13.5. The van der Waals surface area contributed by atoms with Crippen molar-refractivity contribution < 1.29 is 23.8 Å². The quantitative estimate of drug-likeness (QED) is 0.470. The molecule has 210 valence electrons. The number of nitrogens with one attached hydrogen (secondary N) is 1. The summed E-state index contributed by atoms with van der Waals surface area (Å²) in [6.07, 6.45) is 4.82. The lowest BCUT2D eigenvalue weighted by atomic mass is 9.83. The van der Waals surface area contributed by atoms with Gasteiger partial charge in [-0.1, -0.05) is 37.5 Å². The van der Waals surface area contributed by atoms with Gasteiger partial charge in [0.05, 0.1) is 18.3 Å². The minimum atomic E-state index is -0.831. The van der Waals surface area contributed by atoms with Crippen molar-refractivity contribution >= 4 is 23.6 Å². The maximum Gasteiger partial charge on any atom is 0.407 e. The van der Waals surface area contributed by atoms with Crippen molar-refractivity contribution in [1.82, 2.24) is 15.1 Å². The van der Waals surface area contributed by atoms with Crippen LogP contribution in [0.2, 0.25) is 0 Å². The first kappa shape index (κ1) is 28.2. The van der Waals surface area contributed by atoms with Gasteiger partial charge in [0.2, 0.25) is 5.91 Å². The fourth-order valence-electron chi connectivity index (χ4n) is 5.22. The van der Waals surface area contributed by atoms with Crippen molar-refractivity contribution in [3.8, 4) is 11.5 Å². The van der Waals surface area contributed by atoms with Gasteiger partial charge in [-0.3, -0.25) is 4.79 Å². The third kappa shape index (κ3) is 7.41. The summed E-state index contributed by atoms with van der Waals surface area (Å²) in [7, 11) is 4.74. The summed E-state index contributed by atoms with van der Waals surface area (Å²) >= 11 is 0. The van der Waals surface area contributed by atoms with Gasteiger partial charge in [0, 0.05) is 33.3 Å². The highest BCUT2D eigenvalue weighted by molar-refractivity contribution is 5.86. The molecule has 3 N–H and O–H groups in total. The molecule has 0 bridgehead atoms. The molecule has 10 heteroatoms. The third-order valence-electron chi connectivity index (χ3n) is 7.24. The molecule has 1 saturated carbocycles. The molecular formula is C29H39N5O5. The van der Waals surface area contributed by atoms with Crippen LogP contribution in [0.25, 0.3) is 0 Å². The molecule has 0 unspecified atom stereocenters. The fourth-order valence-corrected chi connectivity index (χ4v) is 5.22. The van der Waals surface area contributed by atoms with Gasteiger partial charge in [0.15, 0.2) is 5.96 Å². The van der Waals surface area contributed by atoms with E-state index in [0.717, 1.165) is 48.4 Å². The Balaban J connectivity index is 1.49. The molecule has 2 aromatic carbocycles. The Hall–Kier alpha value is -3.79. The number of hydrogen-bond donors (Lipinski definition) is 2. The van der Waals surface area contributed by atoms with Crippen LogP contribution in [0.5, 0.6) is 11.5 Å². The number of amides is 2. The summed E-state index contributed by atoms with van der Waals surface area (Å²) in [6, 6.07) is 14.4. The standard InChI is InChI=1S/C29H39N5O5/c1-33(2)27(35)25(18-37-3)32-29(36)38-19-26(20-10-6-4-7-11-20)34-17-21-16-23(14-15-24(21)31-28(34)30)39-22-12-8-5-9-13-22/h5,8-9,12-16,20,25-26H,4,6-7,10-11,17-19H2,1-3H3,(H2,30,31)(H,32,36)/t25-,26+/m1/s1. The zero-order chi connectivity index (χ0) is 27.8. The zero-order valence-corrected chi connectivity index (χ0v) is 23.0. The molecule has 10 nitrogen and oxygen atoms in total. The van der Waals surface area contributed by atoms with Gasteiger partial charge in [-0.25, -0.2) is 9.79 Å². The number of hydrogen-bond acceptors (Lipinski definition) is 8. The van der Waals surface area contributed by atoms with Crippen LogP contribution in [0, 0.1) is 5.92 Å². The molecule has 0 spiro atoms. The number of carbonyl (C=O) groups excluding carboxylic acids is 2. The number of fused-ring (bicyclic) bond motifs is 1. The Morgan fingerprint density at radius 1 is 1.08 bits per heavy atom. The molecule has 39 heavy (non-hydrogen) atoms. The molecule has 1 heterocycles. The number of likely N-dealkylation sites (N-methyl/N-ethyl adjacent to an activating group) is 1. The van der Waals surface area contributed by atoms with E-state index in [9.17, 15) is 9.59 Å². The van der Waals surface area contributed by atoms with E-state index in [0.29, 0.717) is 18.4 Å². The van der Waals surface area contributed by atoms with Crippen LogP contribution in [-0.4, -0.2) is 74.3 Å². The number of guanidine groups is 1. The molecule has 2 amide bonds. The van der Waals surface area contributed by atoms with Gasteiger partial charge in [0.25, 0.3) is 0 Å². The van der Waals surface area contributed by atoms with Gasteiger partial charge < -0.3 is 35.1 Å². The average molecular weight is 538 g/mol. The number of carbonyl (C=O) groups is 2. The second-order valence-corrected chi connectivity index (χ2v) is 10.3. The SMILES string of the molecule is COC[C@@H](NC(=O)OC[C@@H](C1CCCCC1)N1Cc2cc(Oc3ccccc3)ccc2N=C1N)C(=O)N(C)C. The topological polar surface area (TPSA) is 119 Å². The number of benzene rings is 2. The summed E-state index contributed by atoms with van der Waals surface area (Å²) in [5.74, 6) is 1.90. The molecule has 2 aromatic rings. The molecular weight excluding hydrogens is 498 g/mol. The van der Waals surface area contributed by atoms with E-state index in [2.05, 4.69) is 10.3 Å². The van der Waals surface area contributed by atoms with Crippen molar-refractivity contribution in [2.24, 2.45) is 16.6 Å². The Labute approximate surface area is 230 Å². The van der Waals surface area contributed by atoms with Crippen molar-refractivity contribution in [2.45, 2.75) is 50.7 Å². The molecule has 0 saturated heterocycles. The fraction of sp³-hybridized carbons (Fsp3) is 0.483. The monoisotopic (exact) mass is 537 g/mol. The van der Waals surface area contributed by atoms with Gasteiger partial charge in [0.1, 0.15) is 24.1 Å². The molecule has 1 fully saturated rings. The first-order valence-corrected chi connectivity index (χ1v) is 13.5. The van der Waals surface area contributed by atoms with Gasteiger partial charge in [-0.05, 0) is 49.1 Å². The second kappa shape index (κ2) is 13.3. The number of aliphatic imine (C=N–C) groups is 1. The predicted octanol–water partition coefficient (Wildman–Crippen LogP) is 4.02. The van der Waals surface area contributed by atoms with Gasteiger partial charge >= 0.3 is 6.09 Å². The lowest BCUT2D eigenvalue weighted by Gasteiger charge is -2.40. The Bertz CT molecular complexity index is 1150. The largest absolute Gasteiger partial charge is 0.457 e. The van der Waals surface area contributed by atoms with Crippen molar-refractivity contribution in [1.29, 1.82) is 0 Å². The van der Waals surface area contributed by atoms with Crippen LogP contribution in [-0.2, 0) is 20.8 Å². The second-order valence-electron chi connectivity index (χ2n) is 10.3. The number of rotatable bonds is 10. The van der Waals surface area contributed by atoms with E-state index in [-0.39, 0.29) is 25.2 Å². The molecule has 4 rings (SSSR count). The number of para-hydroxylation sites is 1. The van der Waals surface area contributed by atoms with Crippen molar-refractivity contribution in [3.05, 3.63) is 54.1 Å². The normalized spacial score (nSPS) is 16.9. The van der Waals surface area contributed by atoms with E-state index < -0.39 is 12.1 Å². The van der Waals surface area contributed by atoms with Crippen LogP contribution < -0.4 is 15.8 Å². The lowest BCUT2D eigenvalue weighted by Crippen LogP contribution is -2.53. The first-order chi connectivity index (χ1) is 18.9. The van der Waals surface area contributed by atoms with Crippen LogP contribution in [0.3, 0.4) is 0 Å². The van der Waals surface area contributed by atoms with Gasteiger partial charge in [-0.2, -0.15) is 0 Å². The molecule has 2 aliphatic rings. The molecule has 2 atom stereocenters. The summed E-state index contributed by atoms with van der Waals surface area (Å²) in [5, 5.41) is 2.64. The number of alkyl carbamates (subject to hydrolysis) is 1. The third-order valence-corrected chi connectivity index (χ3v) is 7.24. The van der Waals surface area contributed by atoms with E-state index in [1.54, 1.807) is 14.1 Å². The number of nitrogens with two attached hydrogens (primary N) is 1. The minimum absolute atomic E-state index is 0.0497. The van der Waals surface area contributed by atoms with E-state index in [1.165, 1.54) is 18.4 Å². The number of methoxy groups -OCH3 is 1. The van der Waals surface area contributed by atoms with Crippen LogP contribution >= 0.6 is 0 Å². The summed E-state index contributed by atoms with van der Waals surface area (Å²) in [5.41, 5.74) is 8.27. The molecule has 1 aliphatic heterocycles. The number of nitrogens with zero attached hydrogens (tertiary/aromatic N) is 3. The highest BCUT2D eigenvalue weighted by atomic mass is 16.5. The van der Waals surface area contributed by atoms with Crippen LogP contribution in [0.15, 0.2) is 53.5 Å². The Kier molecular flexibility index (Phi) is 9.64. The van der Waals surface area contributed by atoms with E-state index >= 15 is 0 Å². The molecule has 1 aliphatic carbocycles. The van der Waals surface area contributed by atoms with Crippen LogP contribution in [0.1, 0.15) is 37.7 Å².